The quantitative estimate of drug-likeness (QED) is 0.462. The Kier molecular flexibility index (Phi) is 10.7. The minimum absolute atomic E-state index is 0.0894. The Morgan fingerprint density at radius 3 is 2.65 bits per heavy atom. The summed E-state index contributed by atoms with van der Waals surface area (Å²) in [5.41, 5.74) is 6.17. The molecule has 1 amide bonds. The van der Waals surface area contributed by atoms with E-state index >= 15 is 0 Å². The maximum absolute atomic E-state index is 13.2. The monoisotopic (exact) mass is 430 g/mol. The van der Waals surface area contributed by atoms with Gasteiger partial charge in [-0.25, -0.2) is 4.98 Å². The molecule has 2 rings (SSSR count). The molecule has 1 heterocycles. The van der Waals surface area contributed by atoms with E-state index < -0.39 is 0 Å². The summed E-state index contributed by atoms with van der Waals surface area (Å²) in [7, 11) is 1.62. The van der Waals surface area contributed by atoms with Crippen LogP contribution < -0.4 is 11.3 Å². The second kappa shape index (κ2) is 13.2. The fourth-order valence-electron chi connectivity index (χ4n) is 3.83. The standard InChI is InChI=1S/C24H38N4O3/c1-4-5-14-22(29)27(16-11-7-6-10-15-25)19(2)23-26-21-13-9-8-12-20(21)24(30)28(23)17-18-31-3/h8-9,12-13,19H,4-7,10-11,14-18,25H2,1-3H3/t19-/m0/s1. The molecular weight excluding hydrogens is 392 g/mol. The Morgan fingerprint density at radius 1 is 1.19 bits per heavy atom. The van der Waals surface area contributed by atoms with Crippen LogP contribution >= 0.6 is 0 Å². The van der Waals surface area contributed by atoms with Gasteiger partial charge in [0.15, 0.2) is 0 Å². The molecule has 0 aliphatic carbocycles. The number of benzene rings is 1. The van der Waals surface area contributed by atoms with Crippen LogP contribution in [0.1, 0.15) is 70.7 Å². The van der Waals surface area contributed by atoms with E-state index in [0.29, 0.717) is 49.4 Å². The maximum Gasteiger partial charge on any atom is 0.261 e. The summed E-state index contributed by atoms with van der Waals surface area (Å²) in [6.07, 6.45) is 6.35. The Labute approximate surface area is 185 Å². The lowest BCUT2D eigenvalue weighted by Crippen LogP contribution is -2.38. The highest BCUT2D eigenvalue weighted by molar-refractivity contribution is 5.78. The number of para-hydroxylation sites is 1. The molecule has 0 bridgehead atoms. The molecule has 1 atom stereocenters. The van der Waals surface area contributed by atoms with Crippen molar-refractivity contribution in [1.29, 1.82) is 0 Å². The molecule has 0 aliphatic heterocycles. The van der Waals surface area contributed by atoms with Crippen molar-refractivity contribution in [2.24, 2.45) is 5.73 Å². The summed E-state index contributed by atoms with van der Waals surface area (Å²) < 4.78 is 6.90. The van der Waals surface area contributed by atoms with Crippen molar-refractivity contribution in [3.05, 3.63) is 40.4 Å². The van der Waals surface area contributed by atoms with Gasteiger partial charge in [-0.1, -0.05) is 38.3 Å². The zero-order valence-corrected chi connectivity index (χ0v) is 19.3. The largest absolute Gasteiger partial charge is 0.383 e. The Bertz CT molecular complexity index is 881. The highest BCUT2D eigenvalue weighted by Crippen LogP contribution is 2.22. The van der Waals surface area contributed by atoms with Gasteiger partial charge in [-0.3, -0.25) is 14.2 Å². The van der Waals surface area contributed by atoms with Crippen LogP contribution in [0, 0.1) is 0 Å². The van der Waals surface area contributed by atoms with Crippen molar-refractivity contribution in [3.8, 4) is 0 Å². The highest BCUT2D eigenvalue weighted by Gasteiger charge is 2.25. The van der Waals surface area contributed by atoms with Gasteiger partial charge in [-0.2, -0.15) is 0 Å². The summed E-state index contributed by atoms with van der Waals surface area (Å²) in [6, 6.07) is 7.07. The van der Waals surface area contributed by atoms with E-state index in [1.54, 1.807) is 17.7 Å². The summed E-state index contributed by atoms with van der Waals surface area (Å²) in [5.74, 6) is 0.737. The molecule has 0 fully saturated rings. The molecule has 0 unspecified atom stereocenters. The molecule has 0 radical (unpaired) electrons. The Balaban J connectivity index is 2.39. The van der Waals surface area contributed by atoms with Crippen LogP contribution in [0.5, 0.6) is 0 Å². The number of fused-ring (bicyclic) bond motifs is 1. The van der Waals surface area contributed by atoms with E-state index in [0.717, 1.165) is 38.5 Å². The van der Waals surface area contributed by atoms with Crippen LogP contribution in [0.2, 0.25) is 0 Å². The third-order valence-electron chi connectivity index (χ3n) is 5.67. The number of hydrogen-bond donors (Lipinski definition) is 1. The Hall–Kier alpha value is -2.25. The number of carbonyl (C=O) groups excluding carboxylic acids is 1. The minimum atomic E-state index is -0.298. The molecule has 31 heavy (non-hydrogen) atoms. The fraction of sp³-hybridized carbons (Fsp3) is 0.625. The number of ether oxygens (including phenoxy) is 1. The van der Waals surface area contributed by atoms with Gasteiger partial charge in [0.05, 0.1) is 30.1 Å². The third-order valence-corrected chi connectivity index (χ3v) is 5.67. The number of hydrogen-bond acceptors (Lipinski definition) is 5. The maximum atomic E-state index is 13.2. The van der Waals surface area contributed by atoms with Crippen LogP contribution in [-0.2, 0) is 16.1 Å². The van der Waals surface area contributed by atoms with E-state index in [-0.39, 0.29) is 17.5 Å². The van der Waals surface area contributed by atoms with Crippen LogP contribution in [-0.4, -0.2) is 47.2 Å². The van der Waals surface area contributed by atoms with Crippen molar-refractivity contribution >= 4 is 16.8 Å². The first-order chi connectivity index (χ1) is 15.0. The zero-order chi connectivity index (χ0) is 22.6. The van der Waals surface area contributed by atoms with Gasteiger partial charge in [0.1, 0.15) is 5.82 Å². The molecule has 0 aliphatic rings. The molecule has 0 saturated carbocycles. The summed E-state index contributed by atoms with van der Waals surface area (Å²) in [4.78, 5) is 33.0. The van der Waals surface area contributed by atoms with E-state index in [4.69, 9.17) is 15.5 Å². The molecular formula is C24H38N4O3. The predicted molar refractivity (Wildman–Crippen MR) is 125 cm³/mol. The van der Waals surface area contributed by atoms with Gasteiger partial charge >= 0.3 is 0 Å². The number of methoxy groups -OCH3 is 1. The van der Waals surface area contributed by atoms with Crippen molar-refractivity contribution in [2.75, 3.05) is 26.8 Å². The number of nitrogens with zero attached hydrogens (tertiary/aromatic N) is 3. The smallest absolute Gasteiger partial charge is 0.261 e. The summed E-state index contributed by atoms with van der Waals surface area (Å²) in [6.45, 7) is 6.22. The number of rotatable bonds is 14. The first-order valence-corrected chi connectivity index (χ1v) is 11.5. The van der Waals surface area contributed by atoms with Crippen LogP contribution in [0.3, 0.4) is 0 Å². The predicted octanol–water partition coefficient (Wildman–Crippen LogP) is 3.64. The molecule has 1 aromatic carbocycles. The molecule has 7 heteroatoms. The number of amides is 1. The second-order valence-electron chi connectivity index (χ2n) is 8.01. The SMILES string of the molecule is CCCCC(=O)N(CCCCCCN)[C@@H](C)c1nc2ccccc2c(=O)n1CCOC. The van der Waals surface area contributed by atoms with E-state index in [1.165, 1.54) is 0 Å². The molecule has 7 nitrogen and oxygen atoms in total. The zero-order valence-electron chi connectivity index (χ0n) is 19.3. The van der Waals surface area contributed by atoms with E-state index in [1.807, 2.05) is 30.0 Å². The van der Waals surface area contributed by atoms with Crippen LogP contribution in [0.4, 0.5) is 0 Å². The molecule has 172 valence electrons. The van der Waals surface area contributed by atoms with E-state index in [2.05, 4.69) is 6.92 Å². The van der Waals surface area contributed by atoms with Crippen molar-refractivity contribution < 1.29 is 9.53 Å². The topological polar surface area (TPSA) is 90.5 Å². The number of unbranched alkanes of at least 4 members (excludes halogenated alkanes) is 4. The average Bonchev–Trinajstić information content (AvgIpc) is 2.78. The molecule has 0 spiro atoms. The normalized spacial score (nSPS) is 12.3. The highest BCUT2D eigenvalue weighted by atomic mass is 16.5. The second-order valence-corrected chi connectivity index (χ2v) is 8.01. The first kappa shape index (κ1) is 25.0. The lowest BCUT2D eigenvalue weighted by molar-refractivity contribution is -0.133. The molecule has 1 aromatic heterocycles. The number of carbonyl (C=O) groups is 1. The lowest BCUT2D eigenvalue weighted by Gasteiger charge is -2.31. The number of nitrogens with two attached hydrogens (primary N) is 1. The van der Waals surface area contributed by atoms with Crippen LogP contribution in [0.15, 0.2) is 29.1 Å². The molecule has 0 saturated heterocycles. The van der Waals surface area contributed by atoms with Gasteiger partial charge in [-0.15, -0.1) is 0 Å². The van der Waals surface area contributed by atoms with Gasteiger partial charge in [-0.05, 0) is 44.9 Å². The number of aromatic nitrogens is 2. The average molecular weight is 431 g/mol. The van der Waals surface area contributed by atoms with E-state index in [9.17, 15) is 9.59 Å². The summed E-state index contributed by atoms with van der Waals surface area (Å²) in [5, 5.41) is 0.584. The van der Waals surface area contributed by atoms with Gasteiger partial charge in [0, 0.05) is 20.1 Å². The first-order valence-electron chi connectivity index (χ1n) is 11.5. The van der Waals surface area contributed by atoms with Gasteiger partial charge < -0.3 is 15.4 Å². The minimum Gasteiger partial charge on any atom is -0.383 e. The molecule has 2 aromatic rings. The lowest BCUT2D eigenvalue weighted by atomic mass is 10.1. The third kappa shape index (κ3) is 6.87. The fourth-order valence-corrected chi connectivity index (χ4v) is 3.83. The van der Waals surface area contributed by atoms with Gasteiger partial charge in [0.2, 0.25) is 5.91 Å². The molecule has 2 N–H and O–H groups in total. The van der Waals surface area contributed by atoms with Crippen molar-refractivity contribution in [2.45, 2.75) is 71.4 Å². The summed E-state index contributed by atoms with van der Waals surface area (Å²) >= 11 is 0. The Morgan fingerprint density at radius 2 is 1.94 bits per heavy atom. The van der Waals surface area contributed by atoms with Crippen molar-refractivity contribution in [3.63, 3.8) is 0 Å². The van der Waals surface area contributed by atoms with Crippen molar-refractivity contribution in [1.82, 2.24) is 14.5 Å². The van der Waals surface area contributed by atoms with Gasteiger partial charge in [0.25, 0.3) is 5.56 Å². The van der Waals surface area contributed by atoms with Crippen LogP contribution in [0.25, 0.3) is 10.9 Å².